The van der Waals surface area contributed by atoms with E-state index in [1.165, 1.54) is 0 Å². The maximum atomic E-state index is 11.3. The molecule has 0 N–H and O–H groups in total. The van der Waals surface area contributed by atoms with Gasteiger partial charge in [-0.25, -0.2) is 4.79 Å². The van der Waals surface area contributed by atoms with Crippen LogP contribution in [0, 0.1) is 0 Å². The number of carbonyl (C=O) groups is 1. The van der Waals surface area contributed by atoms with Gasteiger partial charge in [0.25, 0.3) is 0 Å². The molecule has 1 fully saturated rings. The van der Waals surface area contributed by atoms with Gasteiger partial charge in [0.05, 0.1) is 12.4 Å². The lowest BCUT2D eigenvalue weighted by molar-refractivity contribution is -0.208. The zero-order chi connectivity index (χ0) is 10.6. The first-order valence-corrected chi connectivity index (χ1v) is 5.79. The molecule has 14 heavy (non-hydrogen) atoms. The summed E-state index contributed by atoms with van der Waals surface area (Å²) in [6.45, 7) is 7.62. The highest BCUT2D eigenvalue weighted by molar-refractivity contribution is 7.99. The lowest BCUT2D eigenvalue weighted by Crippen LogP contribution is -2.37. The van der Waals surface area contributed by atoms with Crippen molar-refractivity contribution in [1.29, 1.82) is 0 Å². The largest absolute Gasteiger partial charge is 0.429 e. The second-order valence-corrected chi connectivity index (χ2v) is 4.66. The van der Waals surface area contributed by atoms with E-state index in [-0.39, 0.29) is 5.97 Å². The van der Waals surface area contributed by atoms with Crippen molar-refractivity contribution < 1.29 is 14.3 Å². The number of esters is 1. The van der Waals surface area contributed by atoms with Crippen molar-refractivity contribution in [1.82, 2.24) is 0 Å². The van der Waals surface area contributed by atoms with Crippen LogP contribution >= 0.6 is 11.8 Å². The third-order valence-corrected chi connectivity index (χ3v) is 3.17. The number of carbonyl (C=O) groups excluding carboxylic acids is 1. The molecule has 1 aliphatic rings. The van der Waals surface area contributed by atoms with Crippen LogP contribution in [0.15, 0.2) is 12.2 Å². The molecule has 80 valence electrons. The minimum Gasteiger partial charge on any atom is -0.429 e. The topological polar surface area (TPSA) is 35.5 Å². The van der Waals surface area contributed by atoms with Crippen LogP contribution in [-0.2, 0) is 14.3 Å². The van der Waals surface area contributed by atoms with Gasteiger partial charge < -0.3 is 9.47 Å². The number of hydrogen-bond acceptors (Lipinski definition) is 4. The Labute approximate surface area is 88.8 Å². The van der Waals surface area contributed by atoms with Crippen molar-refractivity contribution in [3.63, 3.8) is 0 Å². The monoisotopic (exact) mass is 216 g/mol. The van der Waals surface area contributed by atoms with E-state index in [1.807, 2.05) is 0 Å². The molecule has 0 saturated carbocycles. The normalized spacial score (nSPS) is 27.9. The Kier molecular flexibility index (Phi) is 4.01. The van der Waals surface area contributed by atoms with Crippen molar-refractivity contribution in [2.45, 2.75) is 26.1 Å². The first-order valence-electron chi connectivity index (χ1n) is 4.64. The zero-order valence-electron chi connectivity index (χ0n) is 8.67. The molecule has 0 aromatic heterocycles. The summed E-state index contributed by atoms with van der Waals surface area (Å²) in [7, 11) is 0. The van der Waals surface area contributed by atoms with Gasteiger partial charge in [0.1, 0.15) is 0 Å². The van der Waals surface area contributed by atoms with Gasteiger partial charge in [-0.2, -0.15) is 11.8 Å². The maximum absolute atomic E-state index is 11.3. The average Bonchev–Trinajstić information content (AvgIpc) is 2.30. The van der Waals surface area contributed by atoms with E-state index < -0.39 is 5.79 Å². The van der Waals surface area contributed by atoms with E-state index in [9.17, 15) is 4.79 Å². The zero-order valence-corrected chi connectivity index (χ0v) is 9.49. The number of hydrogen-bond donors (Lipinski definition) is 0. The molecule has 1 atom stereocenters. The first kappa shape index (κ1) is 11.6. The quantitative estimate of drug-likeness (QED) is 0.522. The smallest absolute Gasteiger partial charge is 0.335 e. The van der Waals surface area contributed by atoms with Crippen LogP contribution in [0.2, 0.25) is 0 Å². The lowest BCUT2D eigenvalue weighted by Gasteiger charge is -2.27. The van der Waals surface area contributed by atoms with E-state index in [0.29, 0.717) is 17.9 Å². The highest BCUT2D eigenvalue weighted by atomic mass is 32.2. The van der Waals surface area contributed by atoms with E-state index in [4.69, 9.17) is 9.47 Å². The van der Waals surface area contributed by atoms with Gasteiger partial charge in [-0.15, -0.1) is 0 Å². The predicted molar refractivity (Wildman–Crippen MR) is 57.2 cm³/mol. The number of rotatable bonds is 2. The Morgan fingerprint density at radius 1 is 1.64 bits per heavy atom. The first-order chi connectivity index (χ1) is 6.53. The summed E-state index contributed by atoms with van der Waals surface area (Å²) in [6.07, 6.45) is 1.00. The van der Waals surface area contributed by atoms with Gasteiger partial charge in [-0.1, -0.05) is 6.58 Å². The van der Waals surface area contributed by atoms with Crippen LogP contribution in [0.1, 0.15) is 20.3 Å². The van der Waals surface area contributed by atoms with Gasteiger partial charge in [0.2, 0.25) is 5.79 Å². The maximum Gasteiger partial charge on any atom is 0.335 e. The third kappa shape index (κ3) is 3.35. The van der Waals surface area contributed by atoms with Gasteiger partial charge in [-0.3, -0.25) is 0 Å². The Balaban J connectivity index is 2.54. The second-order valence-electron chi connectivity index (χ2n) is 3.56. The molecule has 3 nitrogen and oxygen atoms in total. The van der Waals surface area contributed by atoms with Crippen LogP contribution in [-0.4, -0.2) is 29.9 Å². The molecule has 0 amide bonds. The Morgan fingerprint density at radius 2 is 2.36 bits per heavy atom. The minimum absolute atomic E-state index is 0.380. The fourth-order valence-electron chi connectivity index (χ4n) is 1.09. The molecule has 1 unspecified atom stereocenters. The van der Waals surface area contributed by atoms with Crippen molar-refractivity contribution >= 4 is 17.7 Å². The van der Waals surface area contributed by atoms with Gasteiger partial charge >= 0.3 is 5.97 Å². The number of ether oxygens (including phenoxy) is 2. The predicted octanol–water partition coefficient (Wildman–Crippen LogP) is 1.98. The minimum atomic E-state index is -0.781. The van der Waals surface area contributed by atoms with Crippen LogP contribution in [0.3, 0.4) is 0 Å². The molecule has 0 bridgehead atoms. The van der Waals surface area contributed by atoms with E-state index in [1.54, 1.807) is 25.6 Å². The summed E-state index contributed by atoms with van der Waals surface area (Å²) in [5.41, 5.74) is 0.407. The molecular weight excluding hydrogens is 200 g/mol. The van der Waals surface area contributed by atoms with E-state index in [0.717, 1.165) is 12.2 Å². The lowest BCUT2D eigenvalue weighted by atomic mass is 10.3. The molecule has 1 saturated heterocycles. The van der Waals surface area contributed by atoms with E-state index >= 15 is 0 Å². The number of thioether (sulfide) groups is 1. The molecule has 4 heteroatoms. The highest BCUT2D eigenvalue weighted by Gasteiger charge is 2.31. The molecule has 0 aromatic rings. The fraction of sp³-hybridized carbons (Fsp3) is 0.700. The Hall–Kier alpha value is -0.480. The second kappa shape index (κ2) is 4.84. The van der Waals surface area contributed by atoms with Crippen molar-refractivity contribution in [2.75, 3.05) is 18.1 Å². The van der Waals surface area contributed by atoms with Crippen LogP contribution in [0.5, 0.6) is 0 Å². The molecule has 0 aromatic carbocycles. The van der Waals surface area contributed by atoms with Crippen molar-refractivity contribution in [3.05, 3.63) is 12.2 Å². The molecule has 0 spiro atoms. The van der Waals surface area contributed by atoms with Gasteiger partial charge in [0.15, 0.2) is 0 Å². The summed E-state index contributed by atoms with van der Waals surface area (Å²) >= 11 is 1.74. The molecule has 0 radical (unpaired) electrons. The summed E-state index contributed by atoms with van der Waals surface area (Å²) in [5, 5.41) is 0. The van der Waals surface area contributed by atoms with Crippen molar-refractivity contribution in [3.8, 4) is 0 Å². The standard InChI is InChI=1S/C10H16O3S/c1-8(2)9(11)13-10(3)7-14-6-4-5-12-10/h1,4-7H2,2-3H3. The molecule has 1 heterocycles. The highest BCUT2D eigenvalue weighted by Crippen LogP contribution is 2.24. The van der Waals surface area contributed by atoms with Crippen LogP contribution < -0.4 is 0 Å². The molecular formula is C10H16O3S. The van der Waals surface area contributed by atoms with E-state index in [2.05, 4.69) is 6.58 Å². The van der Waals surface area contributed by atoms with Gasteiger partial charge in [-0.05, 0) is 19.1 Å². The summed E-state index contributed by atoms with van der Waals surface area (Å²) in [6, 6.07) is 0. The molecule has 1 aliphatic heterocycles. The third-order valence-electron chi connectivity index (χ3n) is 1.86. The van der Waals surface area contributed by atoms with Crippen LogP contribution in [0.25, 0.3) is 0 Å². The van der Waals surface area contributed by atoms with Gasteiger partial charge in [0, 0.05) is 12.5 Å². The summed E-state index contributed by atoms with van der Waals surface area (Å²) in [4.78, 5) is 11.3. The average molecular weight is 216 g/mol. The molecule has 1 rings (SSSR count). The van der Waals surface area contributed by atoms with Crippen LogP contribution in [0.4, 0.5) is 0 Å². The fourth-order valence-corrected chi connectivity index (χ4v) is 2.07. The van der Waals surface area contributed by atoms with Crippen molar-refractivity contribution in [2.24, 2.45) is 0 Å². The SMILES string of the molecule is C=C(C)C(=O)OC1(C)CSCCCO1. The summed E-state index contributed by atoms with van der Waals surface area (Å²) < 4.78 is 10.7. The Morgan fingerprint density at radius 3 is 3.00 bits per heavy atom. The summed E-state index contributed by atoms with van der Waals surface area (Å²) in [5.74, 6) is 0.582. The Bertz CT molecular complexity index is 230. The molecule has 0 aliphatic carbocycles.